The highest BCUT2D eigenvalue weighted by molar-refractivity contribution is 5.95. The summed E-state index contributed by atoms with van der Waals surface area (Å²) < 4.78 is 4.50. The van der Waals surface area contributed by atoms with Crippen LogP contribution < -0.4 is 0 Å². The molecule has 0 spiro atoms. The third kappa shape index (κ3) is 2.81. The number of hydrogen-bond acceptors (Lipinski definition) is 6. The van der Waals surface area contributed by atoms with Crippen LogP contribution >= 0.6 is 0 Å². The SMILES string of the molecule is CC(=O)OCC(=O)C1CC(CO)=NO1. The van der Waals surface area contributed by atoms with E-state index in [1.165, 1.54) is 6.92 Å². The molecule has 1 atom stereocenters. The average Bonchev–Trinajstić information content (AvgIpc) is 2.62. The van der Waals surface area contributed by atoms with Crippen molar-refractivity contribution < 1.29 is 24.3 Å². The van der Waals surface area contributed by atoms with Crippen molar-refractivity contribution in [2.45, 2.75) is 19.4 Å². The topological polar surface area (TPSA) is 85.2 Å². The minimum absolute atomic E-state index is 0.225. The molecule has 0 aromatic rings. The number of ether oxygens (including phenoxy) is 1. The number of hydrogen-bond donors (Lipinski definition) is 1. The summed E-state index contributed by atoms with van der Waals surface area (Å²) >= 11 is 0. The van der Waals surface area contributed by atoms with E-state index in [0.29, 0.717) is 5.71 Å². The summed E-state index contributed by atoms with van der Waals surface area (Å²) in [6, 6.07) is 0. The zero-order valence-electron chi connectivity index (χ0n) is 7.73. The number of esters is 1. The summed E-state index contributed by atoms with van der Waals surface area (Å²) in [4.78, 5) is 26.4. The third-order valence-corrected chi connectivity index (χ3v) is 1.69. The Morgan fingerprint density at radius 2 is 2.43 bits per heavy atom. The maximum atomic E-state index is 11.3. The molecular formula is C8H11NO5. The lowest BCUT2D eigenvalue weighted by atomic mass is 10.1. The Labute approximate surface area is 80.5 Å². The van der Waals surface area contributed by atoms with Crippen LogP contribution in [0.25, 0.3) is 0 Å². The predicted molar refractivity (Wildman–Crippen MR) is 45.7 cm³/mol. The van der Waals surface area contributed by atoms with Gasteiger partial charge in [-0.25, -0.2) is 0 Å². The van der Waals surface area contributed by atoms with E-state index in [2.05, 4.69) is 9.89 Å². The van der Waals surface area contributed by atoms with Gasteiger partial charge < -0.3 is 14.7 Å². The number of carbonyl (C=O) groups excluding carboxylic acids is 2. The van der Waals surface area contributed by atoms with Gasteiger partial charge >= 0.3 is 5.97 Å². The molecule has 0 aromatic carbocycles. The van der Waals surface area contributed by atoms with Crippen LogP contribution in [0.5, 0.6) is 0 Å². The van der Waals surface area contributed by atoms with Crippen LogP contribution in [0.2, 0.25) is 0 Å². The first-order chi connectivity index (χ1) is 6.63. The molecule has 0 aliphatic carbocycles. The van der Waals surface area contributed by atoms with Crippen molar-refractivity contribution in [3.63, 3.8) is 0 Å². The monoisotopic (exact) mass is 201 g/mol. The van der Waals surface area contributed by atoms with Gasteiger partial charge in [0.25, 0.3) is 0 Å². The molecule has 0 radical (unpaired) electrons. The molecular weight excluding hydrogens is 190 g/mol. The van der Waals surface area contributed by atoms with Crippen LogP contribution in [0.1, 0.15) is 13.3 Å². The first kappa shape index (κ1) is 10.6. The highest BCUT2D eigenvalue weighted by Gasteiger charge is 2.27. The molecule has 0 bridgehead atoms. The summed E-state index contributed by atoms with van der Waals surface area (Å²) in [7, 11) is 0. The van der Waals surface area contributed by atoms with Crippen LogP contribution in [-0.4, -0.2) is 41.9 Å². The van der Waals surface area contributed by atoms with E-state index in [-0.39, 0.29) is 25.4 Å². The molecule has 6 heteroatoms. The van der Waals surface area contributed by atoms with Crippen molar-refractivity contribution in [1.29, 1.82) is 0 Å². The number of rotatable bonds is 4. The molecule has 1 aliphatic heterocycles. The number of nitrogens with zero attached hydrogens (tertiary/aromatic N) is 1. The van der Waals surface area contributed by atoms with Gasteiger partial charge in [0.15, 0.2) is 12.7 Å². The quantitative estimate of drug-likeness (QED) is 0.605. The molecule has 0 aromatic heterocycles. The molecule has 0 saturated carbocycles. The molecule has 14 heavy (non-hydrogen) atoms. The normalized spacial score (nSPS) is 19.9. The van der Waals surface area contributed by atoms with Gasteiger partial charge in [0.1, 0.15) is 0 Å². The summed E-state index contributed by atoms with van der Waals surface area (Å²) in [5, 5.41) is 12.2. The molecule has 78 valence electrons. The smallest absolute Gasteiger partial charge is 0.303 e. The summed E-state index contributed by atoms with van der Waals surface area (Å²) in [6.07, 6.45) is -0.465. The molecule has 6 nitrogen and oxygen atoms in total. The van der Waals surface area contributed by atoms with Gasteiger partial charge in [0.05, 0.1) is 12.3 Å². The maximum Gasteiger partial charge on any atom is 0.303 e. The van der Waals surface area contributed by atoms with Gasteiger partial charge in [-0.05, 0) is 0 Å². The maximum absolute atomic E-state index is 11.3. The molecule has 1 heterocycles. The first-order valence-corrected chi connectivity index (χ1v) is 4.12. The van der Waals surface area contributed by atoms with Crippen LogP contribution in [0.3, 0.4) is 0 Å². The first-order valence-electron chi connectivity index (χ1n) is 4.12. The van der Waals surface area contributed by atoms with E-state index >= 15 is 0 Å². The van der Waals surface area contributed by atoms with Gasteiger partial charge in [0.2, 0.25) is 5.78 Å². The van der Waals surface area contributed by atoms with Gasteiger partial charge in [-0.3, -0.25) is 9.59 Å². The number of Topliss-reactive ketones (excluding diaryl/α,β-unsaturated/α-hetero) is 1. The van der Waals surface area contributed by atoms with E-state index in [9.17, 15) is 9.59 Å². The third-order valence-electron chi connectivity index (χ3n) is 1.69. The van der Waals surface area contributed by atoms with E-state index in [0.717, 1.165) is 0 Å². The Morgan fingerprint density at radius 1 is 1.71 bits per heavy atom. The second-order valence-electron chi connectivity index (χ2n) is 2.86. The van der Waals surface area contributed by atoms with Crippen LogP contribution in [0.4, 0.5) is 0 Å². The molecule has 0 amide bonds. The molecule has 1 N–H and O–H groups in total. The van der Waals surface area contributed by atoms with Gasteiger partial charge in [-0.15, -0.1) is 0 Å². The Morgan fingerprint density at radius 3 is 2.93 bits per heavy atom. The predicted octanol–water partition coefficient (Wildman–Crippen LogP) is -0.744. The van der Waals surface area contributed by atoms with Crippen molar-refractivity contribution in [2.75, 3.05) is 13.2 Å². The minimum atomic E-state index is -0.725. The van der Waals surface area contributed by atoms with E-state index in [1.54, 1.807) is 0 Å². The fourth-order valence-corrected chi connectivity index (χ4v) is 0.958. The van der Waals surface area contributed by atoms with E-state index in [1.807, 2.05) is 0 Å². The largest absolute Gasteiger partial charge is 0.458 e. The highest BCUT2D eigenvalue weighted by atomic mass is 16.6. The zero-order chi connectivity index (χ0) is 10.6. The number of oxime groups is 1. The van der Waals surface area contributed by atoms with Crippen molar-refractivity contribution in [1.82, 2.24) is 0 Å². The lowest BCUT2D eigenvalue weighted by Gasteiger charge is -2.06. The fraction of sp³-hybridized carbons (Fsp3) is 0.625. The Balaban J connectivity index is 2.31. The lowest BCUT2D eigenvalue weighted by Crippen LogP contribution is -2.26. The number of carbonyl (C=O) groups is 2. The van der Waals surface area contributed by atoms with Crippen molar-refractivity contribution >= 4 is 17.5 Å². The molecule has 1 unspecified atom stereocenters. The Kier molecular flexibility index (Phi) is 3.58. The number of ketones is 1. The summed E-state index contributed by atoms with van der Waals surface area (Å²) in [6.45, 7) is 0.685. The Hall–Kier alpha value is -1.43. The Bertz CT molecular complexity index is 273. The minimum Gasteiger partial charge on any atom is -0.458 e. The second-order valence-corrected chi connectivity index (χ2v) is 2.86. The fourth-order valence-electron chi connectivity index (χ4n) is 0.958. The number of aliphatic hydroxyl groups excluding tert-OH is 1. The average molecular weight is 201 g/mol. The van der Waals surface area contributed by atoms with Crippen molar-refractivity contribution in [3.05, 3.63) is 0 Å². The van der Waals surface area contributed by atoms with Crippen molar-refractivity contribution in [2.24, 2.45) is 5.16 Å². The number of aliphatic hydroxyl groups is 1. The van der Waals surface area contributed by atoms with E-state index < -0.39 is 12.1 Å². The molecule has 1 aliphatic rings. The van der Waals surface area contributed by atoms with Gasteiger partial charge in [0, 0.05) is 13.3 Å². The molecule has 0 saturated heterocycles. The van der Waals surface area contributed by atoms with Crippen LogP contribution in [0, 0.1) is 0 Å². The van der Waals surface area contributed by atoms with Crippen molar-refractivity contribution in [3.8, 4) is 0 Å². The van der Waals surface area contributed by atoms with E-state index in [4.69, 9.17) is 9.94 Å². The van der Waals surface area contributed by atoms with Gasteiger partial charge in [-0.1, -0.05) is 5.16 Å². The van der Waals surface area contributed by atoms with Crippen LogP contribution in [0.15, 0.2) is 5.16 Å². The molecule has 1 rings (SSSR count). The standard InChI is InChI=1S/C8H11NO5/c1-5(11)13-4-7(12)8-2-6(3-10)9-14-8/h8,10H,2-4H2,1H3. The zero-order valence-corrected chi connectivity index (χ0v) is 7.73. The second kappa shape index (κ2) is 4.71. The highest BCUT2D eigenvalue weighted by Crippen LogP contribution is 2.11. The molecule has 0 fully saturated rings. The lowest BCUT2D eigenvalue weighted by molar-refractivity contribution is -0.148. The summed E-state index contributed by atoms with van der Waals surface area (Å²) in [5.74, 6) is -0.868. The van der Waals surface area contributed by atoms with Gasteiger partial charge in [-0.2, -0.15) is 0 Å². The summed E-state index contributed by atoms with van der Waals surface area (Å²) in [5.41, 5.74) is 0.422. The van der Waals surface area contributed by atoms with Crippen LogP contribution in [-0.2, 0) is 19.2 Å².